The van der Waals surface area contributed by atoms with Crippen molar-refractivity contribution in [2.75, 3.05) is 0 Å². The standard InChI is InChI=1S/C11H20O2/c1-5-7-8-10(9(3)4)13-11(12)6-2/h6,9-10H,2,5,7-8H2,1,3-4H3. The summed E-state index contributed by atoms with van der Waals surface area (Å²) in [7, 11) is 0. The van der Waals surface area contributed by atoms with Crippen molar-refractivity contribution in [3.8, 4) is 0 Å². The third kappa shape index (κ3) is 5.45. The maximum absolute atomic E-state index is 10.9. The molecule has 0 aromatic heterocycles. The molecule has 0 aliphatic carbocycles. The first kappa shape index (κ1) is 12.2. The maximum atomic E-state index is 10.9. The van der Waals surface area contributed by atoms with E-state index in [9.17, 15) is 4.79 Å². The van der Waals surface area contributed by atoms with Crippen molar-refractivity contribution < 1.29 is 9.53 Å². The van der Waals surface area contributed by atoms with E-state index in [0.29, 0.717) is 5.92 Å². The molecule has 0 aliphatic rings. The van der Waals surface area contributed by atoms with Crippen LogP contribution in [0.4, 0.5) is 0 Å². The predicted octanol–water partition coefficient (Wildman–Crippen LogP) is 2.93. The van der Waals surface area contributed by atoms with Crippen LogP contribution in [0.1, 0.15) is 40.0 Å². The van der Waals surface area contributed by atoms with Gasteiger partial charge in [0.25, 0.3) is 0 Å². The first-order chi connectivity index (χ1) is 6.11. The SMILES string of the molecule is C=CC(=O)OC(CCCC)C(C)C. The highest BCUT2D eigenvalue weighted by atomic mass is 16.5. The molecule has 1 atom stereocenters. The van der Waals surface area contributed by atoms with Crippen molar-refractivity contribution in [2.45, 2.75) is 46.1 Å². The molecule has 0 aromatic rings. The molecular weight excluding hydrogens is 164 g/mol. The fraction of sp³-hybridized carbons (Fsp3) is 0.727. The van der Waals surface area contributed by atoms with Crippen molar-refractivity contribution >= 4 is 5.97 Å². The molecule has 0 N–H and O–H groups in total. The average molecular weight is 184 g/mol. The van der Waals surface area contributed by atoms with Crippen LogP contribution in [0.5, 0.6) is 0 Å². The van der Waals surface area contributed by atoms with E-state index in [1.165, 1.54) is 6.08 Å². The van der Waals surface area contributed by atoms with Gasteiger partial charge in [-0.05, 0) is 12.3 Å². The quantitative estimate of drug-likeness (QED) is 0.468. The number of carbonyl (C=O) groups excluding carboxylic acids is 1. The minimum Gasteiger partial charge on any atom is -0.459 e. The van der Waals surface area contributed by atoms with Gasteiger partial charge in [-0.2, -0.15) is 0 Å². The zero-order valence-electron chi connectivity index (χ0n) is 8.88. The summed E-state index contributed by atoms with van der Waals surface area (Å²) >= 11 is 0. The van der Waals surface area contributed by atoms with E-state index in [1.807, 2.05) is 0 Å². The Hall–Kier alpha value is -0.790. The Morgan fingerprint density at radius 2 is 2.15 bits per heavy atom. The molecule has 0 rings (SSSR count). The van der Waals surface area contributed by atoms with Gasteiger partial charge in [0.15, 0.2) is 0 Å². The number of hydrogen-bond donors (Lipinski definition) is 0. The highest BCUT2D eigenvalue weighted by Gasteiger charge is 2.15. The van der Waals surface area contributed by atoms with Gasteiger partial charge in [-0.15, -0.1) is 0 Å². The van der Waals surface area contributed by atoms with Gasteiger partial charge in [0.05, 0.1) is 0 Å². The topological polar surface area (TPSA) is 26.3 Å². The molecule has 0 aliphatic heterocycles. The van der Waals surface area contributed by atoms with Gasteiger partial charge in [-0.25, -0.2) is 4.79 Å². The number of esters is 1. The second-order valence-electron chi connectivity index (χ2n) is 3.57. The maximum Gasteiger partial charge on any atom is 0.330 e. The lowest BCUT2D eigenvalue weighted by molar-refractivity contribution is -0.145. The highest BCUT2D eigenvalue weighted by Crippen LogP contribution is 2.14. The van der Waals surface area contributed by atoms with Gasteiger partial charge in [0.2, 0.25) is 0 Å². The third-order valence-corrected chi connectivity index (χ3v) is 2.02. The molecule has 0 fully saturated rings. The smallest absolute Gasteiger partial charge is 0.330 e. The van der Waals surface area contributed by atoms with Crippen molar-refractivity contribution in [1.29, 1.82) is 0 Å². The zero-order chi connectivity index (χ0) is 10.3. The summed E-state index contributed by atoms with van der Waals surface area (Å²) in [6, 6.07) is 0. The summed E-state index contributed by atoms with van der Waals surface area (Å²) in [5.41, 5.74) is 0. The van der Waals surface area contributed by atoms with E-state index < -0.39 is 0 Å². The van der Waals surface area contributed by atoms with Gasteiger partial charge in [0, 0.05) is 6.08 Å². The summed E-state index contributed by atoms with van der Waals surface area (Å²) in [6.07, 6.45) is 4.46. The molecule has 0 amide bonds. The molecule has 13 heavy (non-hydrogen) atoms. The Kier molecular flexibility index (Phi) is 6.29. The minimum atomic E-state index is -0.310. The third-order valence-electron chi connectivity index (χ3n) is 2.02. The molecule has 0 spiro atoms. The molecular formula is C11H20O2. The zero-order valence-corrected chi connectivity index (χ0v) is 8.88. The van der Waals surface area contributed by atoms with E-state index in [1.54, 1.807) is 0 Å². The van der Waals surface area contributed by atoms with Crippen molar-refractivity contribution in [1.82, 2.24) is 0 Å². The molecule has 0 bridgehead atoms. The molecule has 0 heterocycles. The van der Waals surface area contributed by atoms with Crippen LogP contribution in [0.25, 0.3) is 0 Å². The van der Waals surface area contributed by atoms with Crippen LogP contribution in [-0.4, -0.2) is 12.1 Å². The Morgan fingerprint density at radius 1 is 1.54 bits per heavy atom. The van der Waals surface area contributed by atoms with Crippen LogP contribution < -0.4 is 0 Å². The van der Waals surface area contributed by atoms with Gasteiger partial charge < -0.3 is 4.74 Å². The van der Waals surface area contributed by atoms with Crippen LogP contribution in [0.15, 0.2) is 12.7 Å². The summed E-state index contributed by atoms with van der Waals surface area (Å²) < 4.78 is 5.21. The molecule has 0 aromatic carbocycles. The van der Waals surface area contributed by atoms with Crippen LogP contribution in [0, 0.1) is 5.92 Å². The summed E-state index contributed by atoms with van der Waals surface area (Å²) in [5.74, 6) is 0.0743. The lowest BCUT2D eigenvalue weighted by Gasteiger charge is -2.20. The van der Waals surface area contributed by atoms with E-state index >= 15 is 0 Å². The Labute approximate surface area is 81.0 Å². The highest BCUT2D eigenvalue weighted by molar-refractivity contribution is 5.81. The van der Waals surface area contributed by atoms with E-state index in [0.717, 1.165) is 19.3 Å². The van der Waals surface area contributed by atoms with Crippen LogP contribution in [-0.2, 0) is 9.53 Å². The second kappa shape index (κ2) is 6.70. The Morgan fingerprint density at radius 3 is 2.54 bits per heavy atom. The normalized spacial score (nSPS) is 12.6. The molecule has 1 unspecified atom stereocenters. The van der Waals surface area contributed by atoms with Gasteiger partial charge >= 0.3 is 5.97 Å². The average Bonchev–Trinajstić information content (AvgIpc) is 2.11. The fourth-order valence-corrected chi connectivity index (χ4v) is 1.13. The Balaban J connectivity index is 3.93. The first-order valence-corrected chi connectivity index (χ1v) is 4.94. The predicted molar refractivity (Wildman–Crippen MR) is 54.4 cm³/mol. The molecule has 0 radical (unpaired) electrons. The lowest BCUT2D eigenvalue weighted by Crippen LogP contribution is -2.22. The lowest BCUT2D eigenvalue weighted by atomic mass is 10.0. The molecule has 0 saturated carbocycles. The number of ether oxygens (including phenoxy) is 1. The van der Waals surface area contributed by atoms with E-state index in [-0.39, 0.29) is 12.1 Å². The number of unbranched alkanes of at least 4 members (excludes halogenated alkanes) is 1. The van der Waals surface area contributed by atoms with Gasteiger partial charge in [-0.3, -0.25) is 0 Å². The van der Waals surface area contributed by atoms with E-state index in [2.05, 4.69) is 27.4 Å². The van der Waals surface area contributed by atoms with Crippen LogP contribution >= 0.6 is 0 Å². The first-order valence-electron chi connectivity index (χ1n) is 4.94. The summed E-state index contributed by atoms with van der Waals surface area (Å²) in [4.78, 5) is 10.9. The van der Waals surface area contributed by atoms with Crippen molar-refractivity contribution in [2.24, 2.45) is 5.92 Å². The molecule has 0 saturated heterocycles. The number of hydrogen-bond acceptors (Lipinski definition) is 2. The minimum absolute atomic E-state index is 0.0467. The monoisotopic (exact) mass is 184 g/mol. The van der Waals surface area contributed by atoms with Crippen molar-refractivity contribution in [3.63, 3.8) is 0 Å². The summed E-state index contributed by atoms with van der Waals surface area (Å²) in [5, 5.41) is 0. The molecule has 76 valence electrons. The van der Waals surface area contributed by atoms with E-state index in [4.69, 9.17) is 4.74 Å². The number of carbonyl (C=O) groups is 1. The van der Waals surface area contributed by atoms with Gasteiger partial charge in [-0.1, -0.05) is 40.2 Å². The number of rotatable bonds is 6. The van der Waals surface area contributed by atoms with Crippen LogP contribution in [0.3, 0.4) is 0 Å². The largest absolute Gasteiger partial charge is 0.459 e. The summed E-state index contributed by atoms with van der Waals surface area (Å²) in [6.45, 7) is 9.64. The van der Waals surface area contributed by atoms with Gasteiger partial charge in [0.1, 0.15) is 6.10 Å². The molecule has 2 nitrogen and oxygen atoms in total. The Bertz CT molecular complexity index is 161. The van der Waals surface area contributed by atoms with Crippen LogP contribution in [0.2, 0.25) is 0 Å². The second-order valence-corrected chi connectivity index (χ2v) is 3.57. The van der Waals surface area contributed by atoms with Crippen molar-refractivity contribution in [3.05, 3.63) is 12.7 Å². The fourth-order valence-electron chi connectivity index (χ4n) is 1.13. The molecule has 2 heteroatoms.